The minimum Gasteiger partial charge on any atom is -0.487 e. The van der Waals surface area contributed by atoms with Gasteiger partial charge in [0.05, 0.1) is 17.2 Å². The van der Waals surface area contributed by atoms with E-state index in [9.17, 15) is 9.59 Å². The maximum Gasteiger partial charge on any atom is 0.255 e. The zero-order valence-electron chi connectivity index (χ0n) is 17.1. The van der Waals surface area contributed by atoms with Gasteiger partial charge in [-0.2, -0.15) is 0 Å². The molecule has 0 radical (unpaired) electrons. The molecule has 0 aliphatic carbocycles. The van der Waals surface area contributed by atoms with E-state index in [-0.39, 0.29) is 23.9 Å². The van der Waals surface area contributed by atoms with Gasteiger partial charge in [0.1, 0.15) is 0 Å². The van der Waals surface area contributed by atoms with Gasteiger partial charge in [-0.1, -0.05) is 11.6 Å². The number of ketones is 1. The molecule has 5 nitrogen and oxygen atoms in total. The predicted octanol–water partition coefficient (Wildman–Crippen LogP) is 5.68. The fourth-order valence-corrected chi connectivity index (χ4v) is 2.99. The lowest BCUT2D eigenvalue weighted by Gasteiger charge is -2.19. The van der Waals surface area contributed by atoms with Crippen LogP contribution >= 0.6 is 11.6 Å². The highest BCUT2D eigenvalue weighted by Crippen LogP contribution is 2.38. The van der Waals surface area contributed by atoms with Gasteiger partial charge in [0, 0.05) is 16.8 Å². The largest absolute Gasteiger partial charge is 0.487 e. The van der Waals surface area contributed by atoms with Gasteiger partial charge in [-0.25, -0.2) is 0 Å². The highest BCUT2D eigenvalue weighted by molar-refractivity contribution is 6.32. The number of rotatable bonds is 7. The van der Waals surface area contributed by atoms with Gasteiger partial charge >= 0.3 is 0 Å². The Balaban J connectivity index is 2.33. The first-order valence-electron chi connectivity index (χ1n) is 9.18. The van der Waals surface area contributed by atoms with E-state index in [4.69, 9.17) is 21.1 Å². The summed E-state index contributed by atoms with van der Waals surface area (Å²) in [5.41, 5.74) is 2.37. The molecule has 6 heteroatoms. The van der Waals surface area contributed by atoms with Crippen molar-refractivity contribution in [1.29, 1.82) is 0 Å². The van der Waals surface area contributed by atoms with Crippen LogP contribution in [0.4, 0.5) is 5.69 Å². The van der Waals surface area contributed by atoms with E-state index in [1.165, 1.54) is 6.92 Å². The molecule has 150 valence electrons. The maximum atomic E-state index is 12.7. The molecule has 0 bridgehead atoms. The van der Waals surface area contributed by atoms with Crippen LogP contribution in [-0.2, 0) is 0 Å². The Morgan fingerprint density at radius 3 is 2.18 bits per heavy atom. The Labute approximate surface area is 171 Å². The molecule has 2 aromatic rings. The molecule has 0 aliphatic rings. The number of amides is 1. The number of ether oxygens (including phenoxy) is 2. The standard InChI is InChI=1S/C22H26ClNO4/c1-12(2)27-20-11-16(10-19(23)21(20)28-13(3)4)22(26)24-17-7-8-18(15(6)25)14(5)9-17/h7-13H,1-6H3,(H,24,26). The third-order valence-electron chi connectivity index (χ3n) is 3.85. The van der Waals surface area contributed by atoms with Crippen LogP contribution in [0.15, 0.2) is 30.3 Å². The Kier molecular flexibility index (Phi) is 7.08. The number of benzene rings is 2. The van der Waals surface area contributed by atoms with Crippen molar-refractivity contribution in [2.75, 3.05) is 5.32 Å². The van der Waals surface area contributed by atoms with E-state index in [0.717, 1.165) is 5.56 Å². The summed E-state index contributed by atoms with van der Waals surface area (Å²) in [5.74, 6) is 0.494. The van der Waals surface area contributed by atoms with E-state index < -0.39 is 0 Å². The molecule has 0 fully saturated rings. The molecule has 0 spiro atoms. The second-order valence-electron chi connectivity index (χ2n) is 7.16. The SMILES string of the molecule is CC(=O)c1ccc(NC(=O)c2cc(Cl)c(OC(C)C)c(OC(C)C)c2)cc1C. The molecule has 0 saturated heterocycles. The van der Waals surface area contributed by atoms with E-state index in [1.807, 2.05) is 34.6 Å². The summed E-state index contributed by atoms with van der Waals surface area (Å²) in [6, 6.07) is 8.34. The first-order valence-corrected chi connectivity index (χ1v) is 9.56. The average molecular weight is 404 g/mol. The Morgan fingerprint density at radius 2 is 1.64 bits per heavy atom. The number of Topliss-reactive ketones (excluding diaryl/α,β-unsaturated/α-hetero) is 1. The van der Waals surface area contributed by atoms with Gasteiger partial charge in [-0.15, -0.1) is 0 Å². The van der Waals surface area contributed by atoms with Crippen LogP contribution in [0.5, 0.6) is 11.5 Å². The van der Waals surface area contributed by atoms with Crippen molar-refractivity contribution in [2.45, 2.75) is 53.8 Å². The summed E-state index contributed by atoms with van der Waals surface area (Å²) < 4.78 is 11.6. The Morgan fingerprint density at radius 1 is 1.00 bits per heavy atom. The van der Waals surface area contributed by atoms with Crippen LogP contribution < -0.4 is 14.8 Å². The van der Waals surface area contributed by atoms with Crippen molar-refractivity contribution in [3.8, 4) is 11.5 Å². The van der Waals surface area contributed by atoms with Crippen molar-refractivity contribution in [3.63, 3.8) is 0 Å². The molecule has 0 aromatic heterocycles. The number of hydrogen-bond acceptors (Lipinski definition) is 4. The van der Waals surface area contributed by atoms with Crippen LogP contribution in [0, 0.1) is 6.92 Å². The van der Waals surface area contributed by atoms with Crippen LogP contribution in [0.2, 0.25) is 5.02 Å². The first-order chi connectivity index (χ1) is 13.1. The fraction of sp³-hybridized carbons (Fsp3) is 0.364. The quantitative estimate of drug-likeness (QED) is 0.604. The number of halogens is 1. The summed E-state index contributed by atoms with van der Waals surface area (Å²) in [6.45, 7) is 10.9. The molecule has 0 heterocycles. The second-order valence-corrected chi connectivity index (χ2v) is 7.57. The minimum absolute atomic E-state index is 0.0154. The number of carbonyl (C=O) groups excluding carboxylic acids is 2. The third kappa shape index (κ3) is 5.49. The van der Waals surface area contributed by atoms with E-state index in [1.54, 1.807) is 30.3 Å². The van der Waals surface area contributed by atoms with Gasteiger partial charge in [-0.05, 0) is 77.4 Å². The molecule has 1 amide bonds. The van der Waals surface area contributed by atoms with Crippen molar-refractivity contribution in [3.05, 3.63) is 52.0 Å². The average Bonchev–Trinajstić information content (AvgIpc) is 2.56. The van der Waals surface area contributed by atoms with E-state index in [2.05, 4.69) is 5.32 Å². The highest BCUT2D eigenvalue weighted by atomic mass is 35.5. The number of nitrogens with one attached hydrogen (secondary N) is 1. The smallest absolute Gasteiger partial charge is 0.255 e. The zero-order chi connectivity index (χ0) is 21.0. The van der Waals surface area contributed by atoms with Crippen molar-refractivity contribution >= 4 is 29.0 Å². The van der Waals surface area contributed by atoms with Crippen molar-refractivity contribution in [2.24, 2.45) is 0 Å². The molecule has 1 N–H and O–H groups in total. The zero-order valence-corrected chi connectivity index (χ0v) is 17.8. The molecule has 28 heavy (non-hydrogen) atoms. The number of carbonyl (C=O) groups is 2. The van der Waals surface area contributed by atoms with Gasteiger partial charge in [0.15, 0.2) is 17.3 Å². The summed E-state index contributed by atoms with van der Waals surface area (Å²) in [5, 5.41) is 3.13. The Bertz CT molecular complexity index is 890. The van der Waals surface area contributed by atoms with Gasteiger partial charge in [0.25, 0.3) is 5.91 Å². The fourth-order valence-electron chi connectivity index (χ4n) is 2.73. The molecule has 2 aromatic carbocycles. The summed E-state index contributed by atoms with van der Waals surface area (Å²) >= 11 is 6.37. The van der Waals surface area contributed by atoms with Crippen molar-refractivity contribution < 1.29 is 19.1 Å². The predicted molar refractivity (Wildman–Crippen MR) is 112 cm³/mol. The van der Waals surface area contributed by atoms with E-state index >= 15 is 0 Å². The summed E-state index contributed by atoms with van der Waals surface area (Å²) in [6.07, 6.45) is -0.194. The molecule has 2 rings (SSSR count). The van der Waals surface area contributed by atoms with E-state index in [0.29, 0.717) is 33.3 Å². The molecule has 0 unspecified atom stereocenters. The number of hydrogen-bond donors (Lipinski definition) is 1. The maximum absolute atomic E-state index is 12.7. The number of aryl methyl sites for hydroxylation is 1. The topological polar surface area (TPSA) is 64.6 Å². The first kappa shape index (κ1) is 21.8. The lowest BCUT2D eigenvalue weighted by molar-refractivity contribution is 0.101. The molecule has 0 aliphatic heterocycles. The van der Waals surface area contributed by atoms with Gasteiger partial charge < -0.3 is 14.8 Å². The molecular formula is C22H26ClNO4. The second kappa shape index (κ2) is 9.11. The lowest BCUT2D eigenvalue weighted by Crippen LogP contribution is -2.15. The number of anilines is 1. The highest BCUT2D eigenvalue weighted by Gasteiger charge is 2.19. The van der Waals surface area contributed by atoms with Crippen LogP contribution in [0.3, 0.4) is 0 Å². The minimum atomic E-state index is -0.332. The van der Waals surface area contributed by atoms with Crippen molar-refractivity contribution in [1.82, 2.24) is 0 Å². The van der Waals surface area contributed by atoms with Crippen LogP contribution in [-0.4, -0.2) is 23.9 Å². The van der Waals surface area contributed by atoms with Crippen LogP contribution in [0.1, 0.15) is 60.9 Å². The van der Waals surface area contributed by atoms with Crippen LogP contribution in [0.25, 0.3) is 0 Å². The molecular weight excluding hydrogens is 378 g/mol. The summed E-state index contributed by atoms with van der Waals surface area (Å²) in [7, 11) is 0. The monoisotopic (exact) mass is 403 g/mol. The van der Waals surface area contributed by atoms with Gasteiger partial charge in [-0.3, -0.25) is 9.59 Å². The van der Waals surface area contributed by atoms with Gasteiger partial charge in [0.2, 0.25) is 0 Å². The molecule has 0 saturated carbocycles. The molecule has 0 atom stereocenters. The third-order valence-corrected chi connectivity index (χ3v) is 4.13. The normalized spacial score (nSPS) is 10.9. The lowest BCUT2D eigenvalue weighted by atomic mass is 10.0. The summed E-state index contributed by atoms with van der Waals surface area (Å²) in [4.78, 5) is 24.3. The Hall–Kier alpha value is -2.53.